The van der Waals surface area contributed by atoms with Crippen molar-refractivity contribution in [2.75, 3.05) is 87.2 Å². The van der Waals surface area contributed by atoms with E-state index < -0.39 is 5.92 Å². The molecule has 13 nitrogen and oxygen atoms in total. The summed E-state index contributed by atoms with van der Waals surface area (Å²) in [6.45, 7) is 16.9. The van der Waals surface area contributed by atoms with Gasteiger partial charge in [0.2, 0.25) is 0 Å². The van der Waals surface area contributed by atoms with Crippen molar-refractivity contribution in [3.8, 4) is 17.0 Å². The second-order valence-corrected chi connectivity index (χ2v) is 16.0. The first kappa shape index (κ1) is 36.1. The molecule has 13 heteroatoms. The number of piperidine rings is 3. The quantitative estimate of drug-likeness (QED) is 0.297. The number of nitrogens with one attached hydrogen (secondary N) is 1. The third kappa shape index (κ3) is 7.57. The van der Waals surface area contributed by atoms with Crippen molar-refractivity contribution >= 4 is 23.3 Å². The maximum Gasteiger partial charge on any atom is 0.317 e. The lowest BCUT2D eigenvalue weighted by molar-refractivity contribution is -0.146. The first-order chi connectivity index (χ1) is 25.9. The number of likely N-dealkylation sites (tertiary alicyclic amines) is 2. The number of hydrogen-bond acceptors (Lipinski definition) is 13. The molecule has 0 bridgehead atoms. The van der Waals surface area contributed by atoms with Gasteiger partial charge in [-0.25, -0.2) is 0 Å². The number of carbonyl (C=O) groups excluding carboxylic acids is 1. The second kappa shape index (κ2) is 15.8. The third-order valence-corrected chi connectivity index (χ3v) is 12.6. The van der Waals surface area contributed by atoms with Gasteiger partial charge in [0.25, 0.3) is 0 Å². The van der Waals surface area contributed by atoms with Crippen molar-refractivity contribution < 1.29 is 19.2 Å². The zero-order valence-electron chi connectivity index (χ0n) is 31.7. The van der Waals surface area contributed by atoms with E-state index in [0.717, 1.165) is 75.0 Å². The lowest BCUT2D eigenvalue weighted by Crippen LogP contribution is -2.61. The predicted molar refractivity (Wildman–Crippen MR) is 205 cm³/mol. The van der Waals surface area contributed by atoms with Gasteiger partial charge in [-0.1, -0.05) is 31.1 Å². The van der Waals surface area contributed by atoms with Gasteiger partial charge in [-0.3, -0.25) is 9.69 Å². The SMILES string of the molecule is CCOC(=O)C(c1cc(N2CCC(N3CCC(N4CCC(N5CCN6c7cc(-c8ccccc8O)nnc7NC[C@H]6C5)CC4)CC3)CC2)no1)C(C)C. The third-order valence-electron chi connectivity index (χ3n) is 12.6. The Bertz CT molecular complexity index is 1690. The summed E-state index contributed by atoms with van der Waals surface area (Å²) in [6, 6.07) is 13.8. The maximum absolute atomic E-state index is 12.6. The average molecular weight is 728 g/mol. The summed E-state index contributed by atoms with van der Waals surface area (Å²) in [5.41, 5.74) is 2.52. The maximum atomic E-state index is 12.6. The summed E-state index contributed by atoms with van der Waals surface area (Å²) in [7, 11) is 0. The number of hydrogen-bond donors (Lipinski definition) is 2. The Balaban J connectivity index is 0.777. The molecule has 1 aromatic carbocycles. The van der Waals surface area contributed by atoms with E-state index in [1.165, 1.54) is 51.9 Å². The van der Waals surface area contributed by atoms with E-state index in [2.05, 4.69) is 51.2 Å². The Hall–Kier alpha value is -3.94. The van der Waals surface area contributed by atoms with Crippen LogP contribution in [0.25, 0.3) is 11.3 Å². The molecule has 53 heavy (non-hydrogen) atoms. The van der Waals surface area contributed by atoms with Gasteiger partial charge >= 0.3 is 5.97 Å². The molecule has 2 aromatic heterocycles. The number of aromatic nitrogens is 3. The normalized spacial score (nSPS) is 23.4. The second-order valence-electron chi connectivity index (χ2n) is 16.0. The number of piperazine rings is 1. The molecule has 2 atom stereocenters. The van der Waals surface area contributed by atoms with Crippen molar-refractivity contribution in [3.63, 3.8) is 0 Å². The molecule has 7 heterocycles. The Morgan fingerprint density at radius 1 is 0.868 bits per heavy atom. The molecule has 286 valence electrons. The van der Waals surface area contributed by atoms with Crippen molar-refractivity contribution in [2.45, 2.75) is 89.4 Å². The van der Waals surface area contributed by atoms with E-state index in [4.69, 9.17) is 9.26 Å². The van der Waals surface area contributed by atoms with Gasteiger partial charge in [0.1, 0.15) is 11.7 Å². The zero-order chi connectivity index (χ0) is 36.5. The first-order valence-electron chi connectivity index (χ1n) is 20.1. The van der Waals surface area contributed by atoms with Crippen LogP contribution in [-0.4, -0.2) is 137 Å². The van der Waals surface area contributed by atoms with Crippen LogP contribution < -0.4 is 15.1 Å². The molecule has 0 radical (unpaired) electrons. The molecule has 8 rings (SSSR count). The van der Waals surface area contributed by atoms with E-state index in [1.54, 1.807) is 6.07 Å². The Morgan fingerprint density at radius 2 is 1.53 bits per heavy atom. The van der Waals surface area contributed by atoms with Gasteiger partial charge in [-0.2, -0.15) is 0 Å². The lowest BCUT2D eigenvalue weighted by Gasteiger charge is -2.50. The molecule has 0 amide bonds. The lowest BCUT2D eigenvalue weighted by atomic mass is 9.93. The highest BCUT2D eigenvalue weighted by Crippen LogP contribution is 2.37. The van der Waals surface area contributed by atoms with Crippen LogP contribution in [0, 0.1) is 5.92 Å². The molecule has 0 saturated carbocycles. The van der Waals surface area contributed by atoms with Gasteiger partial charge in [0, 0.05) is 69.0 Å². The number of anilines is 3. The van der Waals surface area contributed by atoms with E-state index in [-0.39, 0.29) is 17.6 Å². The first-order valence-corrected chi connectivity index (χ1v) is 20.1. The monoisotopic (exact) mass is 727 g/mol. The van der Waals surface area contributed by atoms with Crippen LogP contribution in [-0.2, 0) is 9.53 Å². The number of rotatable bonds is 9. The fraction of sp³-hybridized carbons (Fsp3) is 0.650. The standard InChI is InChI=1S/C40H57N9O4/c1-4-52-40(51)38(27(2)3)36-24-37(44-53-36)47-19-13-29(14-20-47)45-15-9-28(10-16-45)46-17-11-30(12-18-46)48-21-22-49-31(26-48)25-41-39-34(49)23-33(42-43-39)32-7-5-6-8-35(32)50/h5-8,23-24,27-31,38,50H,4,9-22,25-26H2,1-3H3,(H,41,43)/t31-,38?/m0/s1. The van der Waals surface area contributed by atoms with Gasteiger partial charge in [0.05, 0.1) is 24.0 Å². The van der Waals surface area contributed by atoms with Crippen molar-refractivity contribution in [2.24, 2.45) is 5.92 Å². The fourth-order valence-corrected chi connectivity index (χ4v) is 9.68. The van der Waals surface area contributed by atoms with Crippen LogP contribution in [0.15, 0.2) is 40.9 Å². The fourth-order valence-electron chi connectivity index (χ4n) is 9.68. The summed E-state index contributed by atoms with van der Waals surface area (Å²) in [5, 5.41) is 27.2. The number of benzene rings is 1. The van der Waals surface area contributed by atoms with E-state index >= 15 is 0 Å². The largest absolute Gasteiger partial charge is 0.507 e. The highest BCUT2D eigenvalue weighted by atomic mass is 16.5. The number of para-hydroxylation sites is 1. The molecule has 4 fully saturated rings. The summed E-state index contributed by atoms with van der Waals surface area (Å²) in [5.74, 6) is 1.93. The van der Waals surface area contributed by atoms with Crippen molar-refractivity contribution in [1.29, 1.82) is 0 Å². The van der Waals surface area contributed by atoms with Crippen LogP contribution in [0.4, 0.5) is 17.3 Å². The van der Waals surface area contributed by atoms with E-state index in [0.29, 0.717) is 42.2 Å². The summed E-state index contributed by atoms with van der Waals surface area (Å²) in [4.78, 5) is 25.7. The smallest absolute Gasteiger partial charge is 0.317 e. The minimum atomic E-state index is -0.423. The molecule has 4 saturated heterocycles. The van der Waals surface area contributed by atoms with Gasteiger partial charge in [0.15, 0.2) is 17.4 Å². The molecular weight excluding hydrogens is 670 g/mol. The number of phenols is 1. The Morgan fingerprint density at radius 3 is 2.19 bits per heavy atom. The molecule has 3 aromatic rings. The van der Waals surface area contributed by atoms with Crippen molar-refractivity contribution in [1.82, 2.24) is 30.1 Å². The zero-order valence-corrected chi connectivity index (χ0v) is 31.7. The van der Waals surface area contributed by atoms with E-state index in [1.807, 2.05) is 45.0 Å². The number of ether oxygens (including phenoxy) is 1. The molecule has 2 N–H and O–H groups in total. The number of nitrogens with zero attached hydrogens (tertiary/aromatic N) is 8. The number of fused-ring (bicyclic) bond motifs is 3. The molecule has 5 aliphatic rings. The highest BCUT2D eigenvalue weighted by Gasteiger charge is 2.38. The van der Waals surface area contributed by atoms with Gasteiger partial charge < -0.3 is 39.3 Å². The van der Waals surface area contributed by atoms with Crippen LogP contribution in [0.5, 0.6) is 5.75 Å². The van der Waals surface area contributed by atoms with Crippen LogP contribution >= 0.6 is 0 Å². The molecule has 5 aliphatic heterocycles. The van der Waals surface area contributed by atoms with Crippen LogP contribution in [0.3, 0.4) is 0 Å². The summed E-state index contributed by atoms with van der Waals surface area (Å²) >= 11 is 0. The van der Waals surface area contributed by atoms with Crippen LogP contribution in [0.1, 0.15) is 71.0 Å². The Kier molecular flexibility index (Phi) is 10.8. The molecule has 0 spiro atoms. The summed E-state index contributed by atoms with van der Waals surface area (Å²) in [6.07, 6.45) is 7.28. The minimum absolute atomic E-state index is 0.0781. The number of esters is 1. The van der Waals surface area contributed by atoms with Crippen LogP contribution in [0.2, 0.25) is 0 Å². The van der Waals surface area contributed by atoms with E-state index in [9.17, 15) is 9.90 Å². The molecular formula is C40H57N9O4. The number of carbonyl (C=O) groups is 1. The van der Waals surface area contributed by atoms with Gasteiger partial charge in [-0.15, -0.1) is 10.2 Å². The Labute approximate surface area is 313 Å². The molecule has 1 unspecified atom stereocenters. The predicted octanol–water partition coefficient (Wildman–Crippen LogP) is 4.65. The number of phenolic OH excluding ortho intramolecular Hbond substituents is 1. The van der Waals surface area contributed by atoms with Gasteiger partial charge in [-0.05, 0) is 95.7 Å². The minimum Gasteiger partial charge on any atom is -0.507 e. The highest BCUT2D eigenvalue weighted by molar-refractivity contribution is 5.78. The van der Waals surface area contributed by atoms with Crippen molar-refractivity contribution in [3.05, 3.63) is 42.2 Å². The average Bonchev–Trinajstić information content (AvgIpc) is 3.67. The molecule has 0 aliphatic carbocycles. The summed E-state index contributed by atoms with van der Waals surface area (Å²) < 4.78 is 11.0. The topological polar surface area (TPSA) is 127 Å². The number of aromatic hydroxyl groups is 1.